The quantitative estimate of drug-likeness (QED) is 0.799. The van der Waals surface area contributed by atoms with E-state index in [9.17, 15) is 14.4 Å². The van der Waals surface area contributed by atoms with Crippen molar-refractivity contribution in [1.82, 2.24) is 10.2 Å². The van der Waals surface area contributed by atoms with E-state index in [0.717, 1.165) is 10.0 Å². The number of likely N-dealkylation sites (tertiary alicyclic amines) is 1. The molecule has 6 nitrogen and oxygen atoms in total. The van der Waals surface area contributed by atoms with Crippen LogP contribution in [0.15, 0.2) is 28.7 Å². The second-order valence-corrected chi connectivity index (χ2v) is 6.94. The lowest BCUT2D eigenvalue weighted by Gasteiger charge is -2.32. The van der Waals surface area contributed by atoms with Crippen molar-refractivity contribution in [1.29, 1.82) is 0 Å². The number of nitrogens with one attached hydrogen (secondary N) is 1. The molecule has 1 aromatic rings. The first-order chi connectivity index (χ1) is 11.4. The second kappa shape index (κ2) is 8.28. The highest BCUT2D eigenvalue weighted by Gasteiger charge is 2.29. The van der Waals surface area contributed by atoms with Gasteiger partial charge in [-0.1, -0.05) is 28.1 Å². The molecule has 2 atom stereocenters. The number of hydrogen-bond acceptors (Lipinski definition) is 3. The van der Waals surface area contributed by atoms with Crippen LogP contribution in [0.2, 0.25) is 0 Å². The molecule has 7 heteroatoms. The van der Waals surface area contributed by atoms with Gasteiger partial charge < -0.3 is 15.3 Å². The average Bonchev–Trinajstić information content (AvgIpc) is 2.54. The Balaban J connectivity index is 2.08. The summed E-state index contributed by atoms with van der Waals surface area (Å²) in [5.41, 5.74) is 0.841. The summed E-state index contributed by atoms with van der Waals surface area (Å²) >= 11 is 3.36. The SMILES string of the molecule is CC(=O)NC(CC(=O)N1CCC[C@H](C(=O)O)C1)c1ccc(Br)cc1. The van der Waals surface area contributed by atoms with E-state index < -0.39 is 17.9 Å². The van der Waals surface area contributed by atoms with Gasteiger partial charge in [-0.25, -0.2) is 0 Å². The number of piperidine rings is 1. The Kier molecular flexibility index (Phi) is 6.36. The third-order valence-electron chi connectivity index (χ3n) is 4.15. The van der Waals surface area contributed by atoms with Crippen molar-refractivity contribution in [3.8, 4) is 0 Å². The van der Waals surface area contributed by atoms with Crippen LogP contribution in [0, 0.1) is 5.92 Å². The first kappa shape index (κ1) is 18.4. The van der Waals surface area contributed by atoms with Gasteiger partial charge in [0.1, 0.15) is 0 Å². The van der Waals surface area contributed by atoms with Gasteiger partial charge in [-0.3, -0.25) is 14.4 Å². The van der Waals surface area contributed by atoms with Crippen LogP contribution in [0.4, 0.5) is 0 Å². The fraction of sp³-hybridized carbons (Fsp3) is 0.471. The molecular formula is C17H21BrN2O4. The Morgan fingerprint density at radius 2 is 2.00 bits per heavy atom. The molecule has 24 heavy (non-hydrogen) atoms. The monoisotopic (exact) mass is 396 g/mol. The van der Waals surface area contributed by atoms with E-state index in [4.69, 9.17) is 5.11 Å². The molecule has 0 bridgehead atoms. The van der Waals surface area contributed by atoms with Gasteiger partial charge in [-0.05, 0) is 30.5 Å². The molecule has 1 fully saturated rings. The minimum atomic E-state index is -0.862. The number of carbonyl (C=O) groups is 3. The molecule has 1 aliphatic heterocycles. The van der Waals surface area contributed by atoms with Crippen LogP contribution in [-0.4, -0.2) is 40.9 Å². The lowest BCUT2D eigenvalue weighted by atomic mass is 9.97. The molecule has 1 saturated heterocycles. The van der Waals surface area contributed by atoms with Gasteiger partial charge in [0.2, 0.25) is 11.8 Å². The van der Waals surface area contributed by atoms with Crippen LogP contribution >= 0.6 is 15.9 Å². The molecule has 0 spiro atoms. The van der Waals surface area contributed by atoms with Gasteiger partial charge in [0.05, 0.1) is 18.4 Å². The van der Waals surface area contributed by atoms with Gasteiger partial charge >= 0.3 is 5.97 Å². The van der Waals surface area contributed by atoms with Crippen molar-refractivity contribution in [3.05, 3.63) is 34.3 Å². The van der Waals surface area contributed by atoms with E-state index >= 15 is 0 Å². The summed E-state index contributed by atoms with van der Waals surface area (Å²) in [6, 6.07) is 7.00. The predicted octanol–water partition coefficient (Wildman–Crippen LogP) is 2.34. The molecule has 0 saturated carbocycles. The molecular weight excluding hydrogens is 376 g/mol. The summed E-state index contributed by atoms with van der Waals surface area (Å²) in [6.45, 7) is 2.22. The van der Waals surface area contributed by atoms with Crippen LogP contribution in [-0.2, 0) is 14.4 Å². The summed E-state index contributed by atoms with van der Waals surface area (Å²) in [5.74, 6) is -1.71. The smallest absolute Gasteiger partial charge is 0.308 e. The van der Waals surface area contributed by atoms with Crippen molar-refractivity contribution in [3.63, 3.8) is 0 Å². The van der Waals surface area contributed by atoms with Crippen molar-refractivity contribution in [2.24, 2.45) is 5.92 Å². The number of carbonyl (C=O) groups excluding carboxylic acids is 2. The van der Waals surface area contributed by atoms with Crippen molar-refractivity contribution < 1.29 is 19.5 Å². The Hall–Kier alpha value is -1.89. The maximum Gasteiger partial charge on any atom is 0.308 e. The van der Waals surface area contributed by atoms with Crippen molar-refractivity contribution >= 4 is 33.7 Å². The molecule has 1 aliphatic rings. The van der Waals surface area contributed by atoms with Crippen LogP contribution in [0.25, 0.3) is 0 Å². The van der Waals surface area contributed by atoms with E-state index in [1.807, 2.05) is 24.3 Å². The zero-order valence-corrected chi connectivity index (χ0v) is 15.1. The summed E-state index contributed by atoms with van der Waals surface area (Å²) < 4.78 is 0.916. The zero-order valence-electron chi connectivity index (χ0n) is 13.5. The Morgan fingerprint density at radius 1 is 1.33 bits per heavy atom. The third kappa shape index (κ3) is 5.06. The van der Waals surface area contributed by atoms with E-state index in [2.05, 4.69) is 21.2 Å². The largest absolute Gasteiger partial charge is 0.481 e. The Labute approximate surface area is 149 Å². The molecule has 1 heterocycles. The number of halogens is 1. The standard InChI is InChI=1S/C17H21BrN2O4/c1-11(21)19-15(12-4-6-14(18)7-5-12)9-16(22)20-8-2-3-13(10-20)17(23)24/h4-7,13,15H,2-3,8-10H2,1H3,(H,19,21)(H,23,24)/t13-,15?/m0/s1. The molecule has 1 aromatic carbocycles. The molecule has 0 aliphatic carbocycles. The fourth-order valence-corrected chi connectivity index (χ4v) is 3.17. The maximum absolute atomic E-state index is 12.6. The number of benzene rings is 1. The molecule has 1 unspecified atom stereocenters. The van der Waals surface area contributed by atoms with E-state index in [1.165, 1.54) is 6.92 Å². The number of hydrogen-bond donors (Lipinski definition) is 2. The predicted molar refractivity (Wildman–Crippen MR) is 92.3 cm³/mol. The maximum atomic E-state index is 12.6. The zero-order chi connectivity index (χ0) is 17.7. The average molecular weight is 397 g/mol. The van der Waals surface area contributed by atoms with Gasteiger partial charge in [0.25, 0.3) is 0 Å². The second-order valence-electron chi connectivity index (χ2n) is 6.03. The number of nitrogens with zero attached hydrogens (tertiary/aromatic N) is 1. The number of amides is 2. The van der Waals surface area contributed by atoms with Crippen LogP contribution in [0.3, 0.4) is 0 Å². The van der Waals surface area contributed by atoms with E-state index in [-0.39, 0.29) is 24.8 Å². The van der Waals surface area contributed by atoms with Crippen molar-refractivity contribution in [2.75, 3.05) is 13.1 Å². The lowest BCUT2D eigenvalue weighted by Crippen LogP contribution is -2.43. The van der Waals surface area contributed by atoms with Gasteiger partial charge in [0.15, 0.2) is 0 Å². The summed E-state index contributed by atoms with van der Waals surface area (Å²) in [7, 11) is 0. The molecule has 2 amide bonds. The highest BCUT2D eigenvalue weighted by atomic mass is 79.9. The van der Waals surface area contributed by atoms with Crippen molar-refractivity contribution in [2.45, 2.75) is 32.2 Å². The number of carboxylic acids is 1. The number of aliphatic carboxylic acids is 1. The summed E-state index contributed by atoms with van der Waals surface area (Å²) in [4.78, 5) is 36.8. The molecule has 2 N–H and O–H groups in total. The topological polar surface area (TPSA) is 86.7 Å². The highest BCUT2D eigenvalue weighted by molar-refractivity contribution is 9.10. The highest BCUT2D eigenvalue weighted by Crippen LogP contribution is 2.23. The van der Waals surface area contributed by atoms with E-state index in [0.29, 0.717) is 19.4 Å². The van der Waals surface area contributed by atoms with E-state index in [1.54, 1.807) is 4.90 Å². The van der Waals surface area contributed by atoms with Crippen LogP contribution in [0.5, 0.6) is 0 Å². The van der Waals surface area contributed by atoms with Gasteiger partial charge in [0, 0.05) is 24.5 Å². The Bertz CT molecular complexity index is 618. The number of rotatable bonds is 5. The summed E-state index contributed by atoms with van der Waals surface area (Å²) in [5, 5.41) is 11.9. The Morgan fingerprint density at radius 3 is 2.58 bits per heavy atom. The molecule has 130 valence electrons. The lowest BCUT2D eigenvalue weighted by molar-refractivity contribution is -0.145. The van der Waals surface area contributed by atoms with Crippen LogP contribution in [0.1, 0.15) is 37.8 Å². The molecule has 2 rings (SSSR count). The number of carboxylic acid groups (broad SMARTS) is 1. The minimum Gasteiger partial charge on any atom is -0.481 e. The third-order valence-corrected chi connectivity index (χ3v) is 4.68. The molecule has 0 radical (unpaired) electrons. The van der Waals surface area contributed by atoms with Crippen LogP contribution < -0.4 is 5.32 Å². The molecule has 0 aromatic heterocycles. The first-order valence-corrected chi connectivity index (χ1v) is 8.69. The first-order valence-electron chi connectivity index (χ1n) is 7.90. The van der Waals surface area contributed by atoms with Gasteiger partial charge in [-0.2, -0.15) is 0 Å². The van der Waals surface area contributed by atoms with Gasteiger partial charge in [-0.15, -0.1) is 0 Å². The fourth-order valence-electron chi connectivity index (χ4n) is 2.90. The normalized spacial score (nSPS) is 18.8. The summed E-state index contributed by atoms with van der Waals surface area (Å²) in [6.07, 6.45) is 1.40. The minimum absolute atomic E-state index is 0.119.